The second kappa shape index (κ2) is 5.47. The van der Waals surface area contributed by atoms with E-state index in [1.807, 2.05) is 0 Å². The zero-order chi connectivity index (χ0) is 15.9. The van der Waals surface area contributed by atoms with Crippen LogP contribution in [0, 0.1) is 29.1 Å². The van der Waals surface area contributed by atoms with Gasteiger partial charge in [0.2, 0.25) is 5.82 Å². The molecule has 21 heavy (non-hydrogen) atoms. The van der Waals surface area contributed by atoms with Gasteiger partial charge in [-0.1, -0.05) is 0 Å². The summed E-state index contributed by atoms with van der Waals surface area (Å²) in [6.07, 6.45) is -0.827. The standard InChI is InChI=1S/C12H10F5NO3/c1-21-4-2-5(12(19)20)18(3-4)11-9(16)7(14)6(13)8(15)10(11)17/h4-5H,2-3H2,1H3,(H,19,20). The van der Waals surface area contributed by atoms with Crippen LogP contribution in [0.5, 0.6) is 0 Å². The Hall–Kier alpha value is -1.90. The first-order valence-electron chi connectivity index (χ1n) is 5.83. The van der Waals surface area contributed by atoms with Crippen LogP contribution in [0.4, 0.5) is 27.6 Å². The fourth-order valence-corrected chi connectivity index (χ4v) is 2.29. The summed E-state index contributed by atoms with van der Waals surface area (Å²) in [4.78, 5) is 11.7. The molecule has 2 rings (SSSR count). The molecule has 1 aliphatic rings. The largest absolute Gasteiger partial charge is 0.480 e. The van der Waals surface area contributed by atoms with Gasteiger partial charge in [0.1, 0.15) is 11.7 Å². The van der Waals surface area contributed by atoms with Gasteiger partial charge < -0.3 is 14.7 Å². The third kappa shape index (κ3) is 2.41. The van der Waals surface area contributed by atoms with Gasteiger partial charge in [-0.25, -0.2) is 26.7 Å². The number of nitrogens with zero attached hydrogens (tertiary/aromatic N) is 1. The third-order valence-corrected chi connectivity index (χ3v) is 3.35. The Bertz CT molecular complexity index is 566. The minimum Gasteiger partial charge on any atom is -0.480 e. The Morgan fingerprint density at radius 2 is 1.57 bits per heavy atom. The van der Waals surface area contributed by atoms with E-state index in [-0.39, 0.29) is 13.0 Å². The molecule has 9 heteroatoms. The smallest absolute Gasteiger partial charge is 0.326 e. The van der Waals surface area contributed by atoms with Crippen molar-refractivity contribution in [2.24, 2.45) is 0 Å². The summed E-state index contributed by atoms with van der Waals surface area (Å²) in [6.45, 7) is -0.300. The van der Waals surface area contributed by atoms with Gasteiger partial charge in [0, 0.05) is 20.1 Å². The molecule has 1 saturated heterocycles. The molecule has 0 aromatic heterocycles. The molecule has 2 atom stereocenters. The number of hydrogen-bond donors (Lipinski definition) is 1. The van der Waals surface area contributed by atoms with Crippen molar-refractivity contribution < 1.29 is 36.6 Å². The minimum atomic E-state index is -2.29. The van der Waals surface area contributed by atoms with Crippen molar-refractivity contribution in [3.8, 4) is 0 Å². The van der Waals surface area contributed by atoms with Crippen LogP contribution >= 0.6 is 0 Å². The van der Waals surface area contributed by atoms with Crippen LogP contribution < -0.4 is 4.90 Å². The molecule has 0 aliphatic carbocycles. The van der Waals surface area contributed by atoms with Crippen LogP contribution in [0.1, 0.15) is 6.42 Å². The summed E-state index contributed by atoms with van der Waals surface area (Å²) in [5.41, 5.74) is -1.25. The van der Waals surface area contributed by atoms with Gasteiger partial charge in [0.15, 0.2) is 23.3 Å². The first-order chi connectivity index (χ1) is 9.79. The van der Waals surface area contributed by atoms with Crippen LogP contribution in [0.3, 0.4) is 0 Å². The van der Waals surface area contributed by atoms with Gasteiger partial charge >= 0.3 is 5.97 Å². The zero-order valence-electron chi connectivity index (χ0n) is 10.7. The predicted octanol–water partition coefficient (Wildman–Crippen LogP) is 2.06. The molecular weight excluding hydrogens is 301 g/mol. The highest BCUT2D eigenvalue weighted by Crippen LogP contribution is 2.35. The lowest BCUT2D eigenvalue weighted by molar-refractivity contribution is -0.138. The number of carbonyl (C=O) groups is 1. The molecule has 0 spiro atoms. The van der Waals surface area contributed by atoms with Crippen LogP contribution in [-0.2, 0) is 9.53 Å². The summed E-state index contributed by atoms with van der Waals surface area (Å²) in [5, 5.41) is 9.03. The number of halogens is 5. The van der Waals surface area contributed by atoms with E-state index in [0.717, 1.165) is 0 Å². The summed E-state index contributed by atoms with van der Waals surface area (Å²) in [6, 6.07) is -1.44. The van der Waals surface area contributed by atoms with E-state index in [1.54, 1.807) is 0 Å². The van der Waals surface area contributed by atoms with E-state index in [4.69, 9.17) is 9.84 Å². The molecule has 1 aliphatic heterocycles. The summed E-state index contributed by atoms with van der Waals surface area (Å²) in [5.74, 6) is -12.1. The SMILES string of the molecule is COC1CC(C(=O)O)N(c2c(F)c(F)c(F)c(F)c2F)C1. The first-order valence-corrected chi connectivity index (χ1v) is 5.83. The second-order valence-electron chi connectivity index (χ2n) is 4.52. The molecule has 0 bridgehead atoms. The van der Waals surface area contributed by atoms with Gasteiger partial charge in [-0.15, -0.1) is 0 Å². The molecule has 1 fully saturated rings. The lowest BCUT2D eigenvalue weighted by Gasteiger charge is -2.24. The number of benzene rings is 1. The van der Waals surface area contributed by atoms with E-state index < -0.39 is 52.9 Å². The number of rotatable bonds is 3. The molecule has 1 aromatic carbocycles. The van der Waals surface area contributed by atoms with Gasteiger partial charge in [-0.2, -0.15) is 0 Å². The van der Waals surface area contributed by atoms with Crippen molar-refractivity contribution in [1.29, 1.82) is 0 Å². The predicted molar refractivity (Wildman–Crippen MR) is 60.4 cm³/mol. The van der Waals surface area contributed by atoms with E-state index in [2.05, 4.69) is 0 Å². The summed E-state index contributed by atoms with van der Waals surface area (Å²) in [7, 11) is 1.26. The maximum absolute atomic E-state index is 13.7. The molecule has 1 N–H and O–H groups in total. The Labute approximate surface area is 115 Å². The van der Waals surface area contributed by atoms with Crippen molar-refractivity contribution in [3.63, 3.8) is 0 Å². The van der Waals surface area contributed by atoms with Crippen molar-refractivity contribution in [1.82, 2.24) is 0 Å². The van der Waals surface area contributed by atoms with Crippen molar-refractivity contribution in [2.45, 2.75) is 18.6 Å². The number of hydrogen-bond acceptors (Lipinski definition) is 3. The highest BCUT2D eigenvalue weighted by atomic mass is 19.2. The van der Waals surface area contributed by atoms with Crippen LogP contribution in [0.25, 0.3) is 0 Å². The molecule has 2 unspecified atom stereocenters. The first kappa shape index (κ1) is 15.5. The lowest BCUT2D eigenvalue weighted by atomic mass is 10.2. The molecule has 0 radical (unpaired) electrons. The summed E-state index contributed by atoms with van der Waals surface area (Å²) < 4.78 is 71.7. The second-order valence-corrected chi connectivity index (χ2v) is 4.52. The quantitative estimate of drug-likeness (QED) is 0.527. The topological polar surface area (TPSA) is 49.8 Å². The monoisotopic (exact) mass is 311 g/mol. The minimum absolute atomic E-state index is 0.134. The van der Waals surface area contributed by atoms with Crippen LogP contribution in [-0.4, -0.2) is 36.9 Å². The van der Waals surface area contributed by atoms with E-state index >= 15 is 0 Å². The number of carboxylic acid groups (broad SMARTS) is 1. The molecule has 0 amide bonds. The molecule has 4 nitrogen and oxygen atoms in total. The maximum Gasteiger partial charge on any atom is 0.326 e. The maximum atomic E-state index is 13.7. The van der Waals surface area contributed by atoms with E-state index in [0.29, 0.717) is 4.90 Å². The average molecular weight is 311 g/mol. The Morgan fingerprint density at radius 3 is 2.00 bits per heavy atom. The number of anilines is 1. The average Bonchev–Trinajstić information content (AvgIpc) is 2.87. The molecule has 116 valence electrons. The Morgan fingerprint density at radius 1 is 1.10 bits per heavy atom. The Kier molecular flexibility index (Phi) is 4.04. The fourth-order valence-electron chi connectivity index (χ4n) is 2.29. The van der Waals surface area contributed by atoms with E-state index in [1.165, 1.54) is 7.11 Å². The van der Waals surface area contributed by atoms with Gasteiger partial charge in [0.25, 0.3) is 0 Å². The number of ether oxygens (including phenoxy) is 1. The zero-order valence-corrected chi connectivity index (χ0v) is 10.7. The summed E-state index contributed by atoms with van der Waals surface area (Å²) >= 11 is 0. The number of aliphatic carboxylic acids is 1. The van der Waals surface area contributed by atoms with Crippen LogP contribution in [0.2, 0.25) is 0 Å². The van der Waals surface area contributed by atoms with Gasteiger partial charge in [-0.05, 0) is 0 Å². The van der Waals surface area contributed by atoms with Gasteiger partial charge in [0.05, 0.1) is 6.10 Å². The number of methoxy groups -OCH3 is 1. The fraction of sp³-hybridized carbons (Fsp3) is 0.417. The number of carboxylic acids is 1. The highest BCUT2D eigenvalue weighted by Gasteiger charge is 2.41. The molecule has 0 saturated carbocycles. The molecular formula is C12H10F5NO3. The third-order valence-electron chi connectivity index (χ3n) is 3.35. The highest BCUT2D eigenvalue weighted by molar-refractivity contribution is 5.79. The van der Waals surface area contributed by atoms with Crippen LogP contribution in [0.15, 0.2) is 0 Å². The van der Waals surface area contributed by atoms with Crippen molar-refractivity contribution in [2.75, 3.05) is 18.6 Å². The van der Waals surface area contributed by atoms with Crippen molar-refractivity contribution >= 4 is 11.7 Å². The molecule has 1 aromatic rings. The molecule has 1 heterocycles. The Balaban J connectivity index is 2.57. The normalized spacial score (nSPS) is 21.9. The lowest BCUT2D eigenvalue weighted by Crippen LogP contribution is -2.37. The van der Waals surface area contributed by atoms with E-state index in [9.17, 15) is 26.7 Å². The van der Waals surface area contributed by atoms with Gasteiger partial charge in [-0.3, -0.25) is 0 Å². The van der Waals surface area contributed by atoms with Crippen molar-refractivity contribution in [3.05, 3.63) is 29.1 Å².